The molecule has 0 spiro atoms. The molecule has 0 bridgehead atoms. The van der Waals surface area contributed by atoms with Gasteiger partial charge in [-0.25, -0.2) is 0 Å². The van der Waals surface area contributed by atoms with E-state index in [-0.39, 0.29) is 0 Å². The Kier molecular flexibility index (Phi) is 6.03. The Bertz CT molecular complexity index is 851. The topological polar surface area (TPSA) is 17.1 Å². The molecular weight excluding hydrogens is 416 g/mol. The summed E-state index contributed by atoms with van der Waals surface area (Å²) in [6, 6.07) is 0. The monoisotopic (exact) mass is 460 g/mol. The fourth-order valence-electron chi connectivity index (χ4n) is 9.37. The van der Waals surface area contributed by atoms with Crippen LogP contribution in [0.15, 0.2) is 4.79 Å². The highest BCUT2D eigenvalue weighted by Crippen LogP contribution is 2.68. The zero-order chi connectivity index (χ0) is 22.0. The molecule has 0 N–H and O–H groups in total. The van der Waals surface area contributed by atoms with Gasteiger partial charge in [0.25, 0.3) is 4.06 Å². The molecule has 174 valence electrons. The van der Waals surface area contributed by atoms with E-state index < -0.39 is 0 Å². The van der Waals surface area contributed by atoms with Crippen molar-refractivity contribution < 1.29 is 0 Å². The molecule has 1 heterocycles. The van der Waals surface area contributed by atoms with Crippen LogP contribution in [0, 0.1) is 52.3 Å². The molecule has 3 heteroatoms. The molecule has 0 saturated heterocycles. The first-order chi connectivity index (χ1) is 14.7. The molecular formula is C28H44OS2. The van der Waals surface area contributed by atoms with Crippen LogP contribution in [0.3, 0.4) is 0 Å². The van der Waals surface area contributed by atoms with Crippen LogP contribution in [0.1, 0.15) is 102 Å². The van der Waals surface area contributed by atoms with Gasteiger partial charge < -0.3 is 0 Å². The van der Waals surface area contributed by atoms with Gasteiger partial charge in [0.05, 0.1) is 0 Å². The van der Waals surface area contributed by atoms with Crippen LogP contribution in [0.25, 0.3) is 0 Å². The Morgan fingerprint density at radius 2 is 1.65 bits per heavy atom. The lowest BCUT2D eigenvalue weighted by molar-refractivity contribution is -0.102. The van der Waals surface area contributed by atoms with E-state index in [0.717, 1.165) is 41.4 Å². The molecule has 0 radical (unpaired) electrons. The van der Waals surface area contributed by atoms with E-state index in [0.29, 0.717) is 14.9 Å². The summed E-state index contributed by atoms with van der Waals surface area (Å²) in [6.45, 7) is 12.7. The second kappa shape index (κ2) is 8.26. The molecule has 8 atom stereocenters. The predicted molar refractivity (Wildman–Crippen MR) is 135 cm³/mol. The van der Waals surface area contributed by atoms with E-state index in [1.807, 2.05) is 0 Å². The van der Waals surface area contributed by atoms with Gasteiger partial charge in [-0.2, -0.15) is 0 Å². The summed E-state index contributed by atoms with van der Waals surface area (Å²) in [6.07, 6.45) is 15.5. The Labute approximate surface area is 198 Å². The largest absolute Gasteiger partial charge is 0.287 e. The first kappa shape index (κ1) is 22.6. The molecule has 1 aromatic rings. The maximum absolute atomic E-state index is 12.1. The van der Waals surface area contributed by atoms with Crippen molar-refractivity contribution in [1.82, 2.24) is 0 Å². The molecule has 3 fully saturated rings. The number of fused-ring (bicyclic) bond motifs is 6. The molecule has 5 rings (SSSR count). The van der Waals surface area contributed by atoms with Gasteiger partial charge in [-0.3, -0.25) is 4.79 Å². The average molecular weight is 461 g/mol. The Balaban J connectivity index is 1.34. The first-order valence-corrected chi connectivity index (χ1v) is 15.0. The lowest BCUT2D eigenvalue weighted by atomic mass is 9.45. The third-order valence-corrected chi connectivity index (χ3v) is 13.2. The fraction of sp³-hybridized carbons (Fsp3) is 0.893. The van der Waals surface area contributed by atoms with Crippen LogP contribution >= 0.6 is 22.7 Å². The van der Waals surface area contributed by atoms with Gasteiger partial charge >= 0.3 is 0 Å². The van der Waals surface area contributed by atoms with Crippen LogP contribution in [-0.2, 0) is 12.8 Å². The van der Waals surface area contributed by atoms with Crippen molar-refractivity contribution in [1.29, 1.82) is 0 Å². The zero-order valence-electron chi connectivity index (χ0n) is 20.5. The molecule has 1 aromatic heterocycles. The van der Waals surface area contributed by atoms with Crippen molar-refractivity contribution in [2.45, 2.75) is 105 Å². The summed E-state index contributed by atoms with van der Waals surface area (Å²) in [5, 5.41) is 0. The summed E-state index contributed by atoms with van der Waals surface area (Å²) in [5.74, 6) is 6.34. The van der Waals surface area contributed by atoms with Gasteiger partial charge in [0, 0.05) is 9.75 Å². The summed E-state index contributed by atoms with van der Waals surface area (Å²) in [4.78, 5) is 15.0. The van der Waals surface area contributed by atoms with E-state index in [2.05, 4.69) is 34.6 Å². The fourth-order valence-corrected chi connectivity index (χ4v) is 11.8. The molecule has 0 aromatic carbocycles. The zero-order valence-corrected chi connectivity index (χ0v) is 22.2. The molecule has 3 saturated carbocycles. The van der Waals surface area contributed by atoms with E-state index >= 15 is 0 Å². The second-order valence-electron chi connectivity index (χ2n) is 12.9. The Morgan fingerprint density at radius 3 is 2.42 bits per heavy atom. The van der Waals surface area contributed by atoms with Gasteiger partial charge in [-0.15, -0.1) is 0 Å². The minimum Gasteiger partial charge on any atom is -0.265 e. The van der Waals surface area contributed by atoms with E-state index in [1.165, 1.54) is 80.4 Å². The molecule has 0 aliphatic heterocycles. The van der Waals surface area contributed by atoms with Crippen molar-refractivity contribution in [3.05, 3.63) is 18.6 Å². The highest BCUT2D eigenvalue weighted by molar-refractivity contribution is 7.27. The van der Waals surface area contributed by atoms with Gasteiger partial charge in [0.2, 0.25) is 0 Å². The molecule has 0 amide bonds. The van der Waals surface area contributed by atoms with Crippen molar-refractivity contribution >= 4 is 22.7 Å². The molecule has 4 aliphatic rings. The van der Waals surface area contributed by atoms with Crippen LogP contribution in [0.5, 0.6) is 0 Å². The summed E-state index contributed by atoms with van der Waals surface area (Å²) in [7, 11) is 0. The molecule has 4 aliphatic carbocycles. The van der Waals surface area contributed by atoms with Crippen molar-refractivity contribution in [2.24, 2.45) is 52.3 Å². The lowest BCUT2D eigenvalue weighted by Gasteiger charge is -2.60. The number of hydrogen-bond donors (Lipinski definition) is 0. The summed E-state index contributed by atoms with van der Waals surface area (Å²) < 4.78 is 0.338. The van der Waals surface area contributed by atoms with Gasteiger partial charge in [0.15, 0.2) is 0 Å². The standard InChI is InChI=1S/C28H44OS2/c1-17(2)7-6-8-18(3)21-11-12-22-20-10-9-19-15-24-25(31-26(29)30-24)16-28(19,5)23(20)13-14-27(21,22)4/h17-23H,6-16H2,1-5H3/t18-,19+,20+,21-,22+,23+,27-,28+/m1/s1. The molecule has 0 unspecified atom stereocenters. The Hall–Kier alpha value is -0.150. The van der Waals surface area contributed by atoms with Crippen molar-refractivity contribution in [3.63, 3.8) is 0 Å². The molecule has 1 nitrogen and oxygen atoms in total. The highest BCUT2D eigenvalue weighted by Gasteiger charge is 2.60. The van der Waals surface area contributed by atoms with E-state index in [9.17, 15) is 4.79 Å². The number of hydrogen-bond acceptors (Lipinski definition) is 3. The van der Waals surface area contributed by atoms with Crippen molar-refractivity contribution in [2.75, 3.05) is 0 Å². The van der Waals surface area contributed by atoms with Crippen LogP contribution < -0.4 is 4.06 Å². The summed E-state index contributed by atoms with van der Waals surface area (Å²) in [5.41, 5.74) is 1.04. The minimum absolute atomic E-state index is 0.338. The van der Waals surface area contributed by atoms with Crippen LogP contribution in [0.2, 0.25) is 0 Å². The maximum atomic E-state index is 12.1. The first-order valence-electron chi connectivity index (χ1n) is 13.3. The third-order valence-electron chi connectivity index (χ3n) is 11.0. The van der Waals surface area contributed by atoms with Crippen LogP contribution in [0.4, 0.5) is 0 Å². The normalized spacial score (nSPS) is 42.6. The van der Waals surface area contributed by atoms with Gasteiger partial charge in [0.1, 0.15) is 0 Å². The van der Waals surface area contributed by atoms with E-state index in [4.69, 9.17) is 0 Å². The number of rotatable bonds is 5. The van der Waals surface area contributed by atoms with Gasteiger partial charge in [-0.1, -0.05) is 76.6 Å². The quantitative estimate of drug-likeness (QED) is 0.432. The summed E-state index contributed by atoms with van der Waals surface area (Å²) >= 11 is 3.14. The highest BCUT2D eigenvalue weighted by atomic mass is 32.2. The Morgan fingerprint density at radius 1 is 0.903 bits per heavy atom. The van der Waals surface area contributed by atoms with Crippen molar-refractivity contribution in [3.8, 4) is 0 Å². The third kappa shape index (κ3) is 3.72. The minimum atomic E-state index is 0.338. The van der Waals surface area contributed by atoms with Crippen LogP contribution in [-0.4, -0.2) is 0 Å². The lowest BCUT2D eigenvalue weighted by Crippen LogP contribution is -2.54. The maximum Gasteiger partial charge on any atom is 0.287 e. The smallest absolute Gasteiger partial charge is 0.265 e. The SMILES string of the molecule is CC(C)CCC[C@@H](C)[C@H]1CC[C@H]2[C@@H]3CC[C@H]4Cc5sc(=O)sc5C[C@]4(C)[C@H]3CC[C@]12C. The average Bonchev–Trinajstić information content (AvgIpc) is 3.23. The second-order valence-corrected chi connectivity index (χ2v) is 15.3. The predicted octanol–water partition coefficient (Wildman–Crippen LogP) is 8.21. The molecule has 31 heavy (non-hydrogen) atoms. The van der Waals surface area contributed by atoms with Gasteiger partial charge in [-0.05, 0) is 104 Å². The van der Waals surface area contributed by atoms with E-state index in [1.54, 1.807) is 22.7 Å².